The van der Waals surface area contributed by atoms with Crippen molar-refractivity contribution in [3.63, 3.8) is 0 Å². The lowest BCUT2D eigenvalue weighted by Crippen LogP contribution is -2.19. The van der Waals surface area contributed by atoms with Gasteiger partial charge in [-0.15, -0.1) is 0 Å². The zero-order valence-electron chi connectivity index (χ0n) is 15.0. The lowest BCUT2D eigenvalue weighted by molar-refractivity contribution is 0.569. The molecule has 0 bridgehead atoms. The van der Waals surface area contributed by atoms with Gasteiger partial charge in [0.1, 0.15) is 0 Å². The number of aryl methyl sites for hydroxylation is 1. The average Bonchev–Trinajstić information content (AvgIpc) is 2.87. The molecule has 0 fully saturated rings. The van der Waals surface area contributed by atoms with Gasteiger partial charge < -0.3 is 5.32 Å². The van der Waals surface area contributed by atoms with Crippen LogP contribution in [0, 0.1) is 13.8 Å². The van der Waals surface area contributed by atoms with Gasteiger partial charge in [-0.2, -0.15) is 5.10 Å². The van der Waals surface area contributed by atoms with Gasteiger partial charge in [0, 0.05) is 28.3 Å². The number of benzene rings is 2. The van der Waals surface area contributed by atoms with Crippen molar-refractivity contribution in [2.45, 2.75) is 39.9 Å². The third kappa shape index (κ3) is 4.20. The Morgan fingerprint density at radius 3 is 2.44 bits per heavy atom. The molecule has 0 aliphatic carbocycles. The smallest absolute Gasteiger partial charge is 0.0662 e. The highest BCUT2D eigenvalue weighted by Gasteiger charge is 2.14. The van der Waals surface area contributed by atoms with Crippen LogP contribution in [0.4, 0.5) is 0 Å². The quantitative estimate of drug-likeness (QED) is 0.622. The van der Waals surface area contributed by atoms with E-state index in [-0.39, 0.29) is 6.04 Å². The molecule has 0 radical (unpaired) electrons. The van der Waals surface area contributed by atoms with Gasteiger partial charge in [0.15, 0.2) is 0 Å². The van der Waals surface area contributed by atoms with Crippen LogP contribution in [0.25, 0.3) is 0 Å². The predicted molar refractivity (Wildman–Crippen MR) is 107 cm³/mol. The van der Waals surface area contributed by atoms with Crippen LogP contribution in [0.15, 0.2) is 59.1 Å². The SMILES string of the molecule is Cc1nn(Cc2ccccc2)c(C)c1CN[C@@H](C)c1ccccc1Br. The molecule has 0 aliphatic rings. The van der Waals surface area contributed by atoms with Crippen molar-refractivity contribution >= 4 is 15.9 Å². The third-order valence-corrected chi connectivity index (χ3v) is 5.39. The normalized spacial score (nSPS) is 12.3. The van der Waals surface area contributed by atoms with Gasteiger partial charge in [-0.3, -0.25) is 4.68 Å². The molecule has 3 rings (SSSR count). The zero-order chi connectivity index (χ0) is 17.8. The van der Waals surface area contributed by atoms with Gasteiger partial charge in [-0.05, 0) is 38.0 Å². The molecule has 130 valence electrons. The largest absolute Gasteiger partial charge is 0.306 e. The molecular formula is C21H24BrN3. The predicted octanol–water partition coefficient (Wildman–Crippen LogP) is 5.16. The van der Waals surface area contributed by atoms with Gasteiger partial charge in [-0.1, -0.05) is 64.5 Å². The van der Waals surface area contributed by atoms with E-state index in [2.05, 4.69) is 89.2 Å². The van der Waals surface area contributed by atoms with E-state index in [0.29, 0.717) is 0 Å². The first-order valence-electron chi connectivity index (χ1n) is 8.61. The summed E-state index contributed by atoms with van der Waals surface area (Å²) in [7, 11) is 0. The Balaban J connectivity index is 1.72. The van der Waals surface area contributed by atoms with E-state index < -0.39 is 0 Å². The first kappa shape index (κ1) is 17.9. The van der Waals surface area contributed by atoms with Crippen LogP contribution >= 0.6 is 15.9 Å². The summed E-state index contributed by atoms with van der Waals surface area (Å²) in [6.45, 7) is 8.07. The maximum Gasteiger partial charge on any atom is 0.0662 e. The van der Waals surface area contributed by atoms with Gasteiger partial charge in [0.2, 0.25) is 0 Å². The molecule has 0 spiro atoms. The lowest BCUT2D eigenvalue weighted by Gasteiger charge is -2.16. The van der Waals surface area contributed by atoms with Crippen molar-refractivity contribution in [1.82, 2.24) is 15.1 Å². The molecule has 0 amide bonds. The first-order chi connectivity index (χ1) is 12.1. The fourth-order valence-electron chi connectivity index (χ4n) is 3.09. The summed E-state index contributed by atoms with van der Waals surface area (Å²) in [5.74, 6) is 0. The molecule has 2 aromatic carbocycles. The van der Waals surface area contributed by atoms with Crippen LogP contribution in [0.5, 0.6) is 0 Å². The van der Waals surface area contributed by atoms with Gasteiger partial charge in [-0.25, -0.2) is 0 Å². The molecule has 1 atom stereocenters. The molecule has 3 nitrogen and oxygen atoms in total. The Labute approximate surface area is 158 Å². The molecule has 0 aliphatic heterocycles. The highest BCUT2D eigenvalue weighted by atomic mass is 79.9. The average molecular weight is 398 g/mol. The molecule has 1 N–H and O–H groups in total. The summed E-state index contributed by atoms with van der Waals surface area (Å²) < 4.78 is 3.24. The highest BCUT2D eigenvalue weighted by Crippen LogP contribution is 2.23. The van der Waals surface area contributed by atoms with Gasteiger partial charge in [0.05, 0.1) is 12.2 Å². The van der Waals surface area contributed by atoms with Crippen molar-refractivity contribution in [3.8, 4) is 0 Å². The minimum absolute atomic E-state index is 0.270. The topological polar surface area (TPSA) is 29.9 Å². The molecule has 25 heavy (non-hydrogen) atoms. The third-order valence-electron chi connectivity index (χ3n) is 4.66. The van der Waals surface area contributed by atoms with Crippen molar-refractivity contribution in [2.75, 3.05) is 0 Å². The van der Waals surface area contributed by atoms with Crippen LogP contribution in [0.3, 0.4) is 0 Å². The van der Waals surface area contributed by atoms with E-state index in [4.69, 9.17) is 5.10 Å². The number of nitrogens with zero attached hydrogens (tertiary/aromatic N) is 2. The monoisotopic (exact) mass is 397 g/mol. The Bertz CT molecular complexity index is 840. The molecule has 3 aromatic rings. The van der Waals surface area contributed by atoms with Crippen LogP contribution in [0.2, 0.25) is 0 Å². The summed E-state index contributed by atoms with van der Waals surface area (Å²) in [5, 5.41) is 8.37. The Morgan fingerprint density at radius 2 is 1.72 bits per heavy atom. The molecule has 0 unspecified atom stereocenters. The summed E-state index contributed by atoms with van der Waals surface area (Å²) in [4.78, 5) is 0. The van der Waals surface area contributed by atoms with E-state index in [0.717, 1.165) is 23.3 Å². The van der Waals surface area contributed by atoms with E-state index >= 15 is 0 Å². The van der Waals surface area contributed by atoms with Crippen LogP contribution in [-0.4, -0.2) is 9.78 Å². The van der Waals surface area contributed by atoms with Crippen LogP contribution in [0.1, 0.15) is 41.0 Å². The summed E-state index contributed by atoms with van der Waals surface area (Å²) >= 11 is 3.64. The Morgan fingerprint density at radius 1 is 1.04 bits per heavy atom. The summed E-state index contributed by atoms with van der Waals surface area (Å²) in [5.41, 5.74) is 6.16. The Hall–Kier alpha value is -1.91. The van der Waals surface area contributed by atoms with E-state index in [1.54, 1.807) is 0 Å². The summed E-state index contributed by atoms with van der Waals surface area (Å²) in [6, 6.07) is 19.1. The second-order valence-electron chi connectivity index (χ2n) is 6.42. The second-order valence-corrected chi connectivity index (χ2v) is 7.27. The van der Waals surface area contributed by atoms with Crippen molar-refractivity contribution in [1.29, 1.82) is 0 Å². The molecule has 1 heterocycles. The fourth-order valence-corrected chi connectivity index (χ4v) is 3.72. The number of hydrogen-bond acceptors (Lipinski definition) is 2. The van der Waals surface area contributed by atoms with Crippen molar-refractivity contribution < 1.29 is 0 Å². The van der Waals surface area contributed by atoms with Crippen LogP contribution in [-0.2, 0) is 13.1 Å². The fraction of sp³-hybridized carbons (Fsp3) is 0.286. The maximum absolute atomic E-state index is 4.74. The van der Waals surface area contributed by atoms with E-state index in [1.165, 1.54) is 22.4 Å². The first-order valence-corrected chi connectivity index (χ1v) is 9.40. The molecule has 4 heteroatoms. The van der Waals surface area contributed by atoms with Crippen molar-refractivity contribution in [3.05, 3.63) is 87.1 Å². The zero-order valence-corrected chi connectivity index (χ0v) is 16.5. The minimum atomic E-state index is 0.270. The molecule has 0 saturated carbocycles. The number of rotatable bonds is 6. The molecule has 0 saturated heterocycles. The van der Waals surface area contributed by atoms with Crippen molar-refractivity contribution in [2.24, 2.45) is 0 Å². The standard InChI is InChI=1S/C21H24BrN3/c1-15(19-11-7-8-12-21(19)22)23-13-20-16(2)24-25(17(20)3)14-18-9-5-4-6-10-18/h4-12,15,23H,13-14H2,1-3H3/t15-/m0/s1. The van der Waals surface area contributed by atoms with Crippen LogP contribution < -0.4 is 5.32 Å². The number of aromatic nitrogens is 2. The highest BCUT2D eigenvalue weighted by molar-refractivity contribution is 9.10. The van der Waals surface area contributed by atoms with Gasteiger partial charge in [0.25, 0.3) is 0 Å². The number of nitrogens with one attached hydrogen (secondary N) is 1. The van der Waals surface area contributed by atoms with E-state index in [9.17, 15) is 0 Å². The molecule has 1 aromatic heterocycles. The summed E-state index contributed by atoms with van der Waals surface area (Å²) in [6.07, 6.45) is 0. The minimum Gasteiger partial charge on any atom is -0.306 e. The molecular weight excluding hydrogens is 374 g/mol. The maximum atomic E-state index is 4.74. The second kappa shape index (κ2) is 7.98. The Kier molecular flexibility index (Phi) is 5.71. The number of hydrogen-bond donors (Lipinski definition) is 1. The number of halogens is 1. The van der Waals surface area contributed by atoms with E-state index in [1.807, 2.05) is 12.1 Å². The van der Waals surface area contributed by atoms with Gasteiger partial charge >= 0.3 is 0 Å². The lowest BCUT2D eigenvalue weighted by atomic mass is 10.1.